The fourth-order valence-electron chi connectivity index (χ4n) is 3.12. The fraction of sp³-hybridized carbons (Fsp3) is 0.625. The first kappa shape index (κ1) is 13.6. The predicted molar refractivity (Wildman–Crippen MR) is 77.5 cm³/mol. The lowest BCUT2D eigenvalue weighted by Gasteiger charge is -2.33. The number of nitrogens with two attached hydrogens (primary N) is 1. The second-order valence-electron chi connectivity index (χ2n) is 6.55. The van der Waals surface area contributed by atoms with Crippen molar-refractivity contribution in [1.29, 1.82) is 0 Å². The van der Waals surface area contributed by atoms with Crippen LogP contribution in [0.1, 0.15) is 44.4 Å². The SMILES string of the molecule is Cc1ccccc1C(C(C)N)N1CCC(C)(C)C1. The Bertz CT molecular complexity index is 409. The van der Waals surface area contributed by atoms with Gasteiger partial charge in [-0.2, -0.15) is 0 Å². The van der Waals surface area contributed by atoms with E-state index < -0.39 is 0 Å². The Balaban J connectivity index is 2.28. The molecule has 1 heterocycles. The largest absolute Gasteiger partial charge is 0.326 e. The van der Waals surface area contributed by atoms with Gasteiger partial charge in [-0.3, -0.25) is 4.90 Å². The van der Waals surface area contributed by atoms with Gasteiger partial charge in [0.1, 0.15) is 0 Å². The van der Waals surface area contributed by atoms with Crippen LogP contribution >= 0.6 is 0 Å². The van der Waals surface area contributed by atoms with E-state index in [2.05, 4.69) is 56.9 Å². The molecule has 2 nitrogen and oxygen atoms in total. The summed E-state index contributed by atoms with van der Waals surface area (Å²) in [7, 11) is 0. The maximum absolute atomic E-state index is 6.26. The molecule has 0 radical (unpaired) electrons. The first-order chi connectivity index (χ1) is 8.41. The molecule has 1 aliphatic heterocycles. The third-order valence-corrected chi connectivity index (χ3v) is 4.11. The van der Waals surface area contributed by atoms with Crippen molar-refractivity contribution in [3.05, 3.63) is 35.4 Å². The van der Waals surface area contributed by atoms with Crippen LogP contribution in [-0.4, -0.2) is 24.0 Å². The van der Waals surface area contributed by atoms with Crippen molar-refractivity contribution in [2.45, 2.75) is 46.2 Å². The van der Waals surface area contributed by atoms with Gasteiger partial charge in [-0.15, -0.1) is 0 Å². The van der Waals surface area contributed by atoms with Crippen molar-refractivity contribution in [2.24, 2.45) is 11.1 Å². The molecule has 2 rings (SSSR count). The summed E-state index contributed by atoms with van der Waals surface area (Å²) in [5.74, 6) is 0. The summed E-state index contributed by atoms with van der Waals surface area (Å²) in [5.41, 5.74) is 9.44. The molecule has 1 fully saturated rings. The Morgan fingerprint density at radius 1 is 1.28 bits per heavy atom. The van der Waals surface area contributed by atoms with Crippen LogP contribution in [0.5, 0.6) is 0 Å². The number of benzene rings is 1. The van der Waals surface area contributed by atoms with E-state index in [0.29, 0.717) is 11.5 Å². The molecule has 1 aromatic carbocycles. The van der Waals surface area contributed by atoms with Gasteiger partial charge < -0.3 is 5.73 Å². The fourth-order valence-corrected chi connectivity index (χ4v) is 3.12. The lowest BCUT2D eigenvalue weighted by molar-refractivity contribution is 0.196. The minimum Gasteiger partial charge on any atom is -0.326 e. The monoisotopic (exact) mass is 246 g/mol. The third kappa shape index (κ3) is 2.76. The van der Waals surface area contributed by atoms with Crippen LogP contribution in [0, 0.1) is 12.3 Å². The van der Waals surface area contributed by atoms with Gasteiger partial charge in [0.05, 0.1) is 0 Å². The molecule has 100 valence electrons. The van der Waals surface area contributed by atoms with Gasteiger partial charge in [-0.05, 0) is 43.4 Å². The Morgan fingerprint density at radius 2 is 1.94 bits per heavy atom. The molecule has 1 aliphatic rings. The van der Waals surface area contributed by atoms with Crippen LogP contribution < -0.4 is 5.73 Å². The normalized spacial score (nSPS) is 22.9. The molecule has 0 saturated carbocycles. The maximum atomic E-state index is 6.26. The molecule has 0 aromatic heterocycles. The number of likely N-dealkylation sites (tertiary alicyclic amines) is 1. The topological polar surface area (TPSA) is 29.3 Å². The molecule has 0 amide bonds. The highest BCUT2D eigenvalue weighted by molar-refractivity contribution is 5.30. The van der Waals surface area contributed by atoms with Crippen LogP contribution in [-0.2, 0) is 0 Å². The van der Waals surface area contributed by atoms with E-state index in [-0.39, 0.29) is 6.04 Å². The summed E-state index contributed by atoms with van der Waals surface area (Å²) < 4.78 is 0. The Morgan fingerprint density at radius 3 is 2.44 bits per heavy atom. The average molecular weight is 246 g/mol. The average Bonchev–Trinajstić information content (AvgIpc) is 2.61. The Hall–Kier alpha value is -0.860. The van der Waals surface area contributed by atoms with Crippen LogP contribution in [0.3, 0.4) is 0 Å². The zero-order chi connectivity index (χ0) is 13.3. The molecule has 0 spiro atoms. The molecule has 2 unspecified atom stereocenters. The number of rotatable bonds is 3. The minimum atomic E-state index is 0.167. The van der Waals surface area contributed by atoms with Gasteiger partial charge in [-0.1, -0.05) is 38.1 Å². The Kier molecular flexibility index (Phi) is 3.79. The second-order valence-corrected chi connectivity index (χ2v) is 6.55. The molecule has 1 aromatic rings. The summed E-state index contributed by atoms with van der Waals surface area (Å²) in [5, 5.41) is 0. The summed E-state index contributed by atoms with van der Waals surface area (Å²) in [4.78, 5) is 2.56. The highest BCUT2D eigenvalue weighted by Gasteiger charge is 2.35. The number of hydrogen-bond donors (Lipinski definition) is 1. The van der Waals surface area contributed by atoms with Crippen LogP contribution in [0.4, 0.5) is 0 Å². The first-order valence-electron chi connectivity index (χ1n) is 6.96. The van der Waals surface area contributed by atoms with E-state index in [0.717, 1.165) is 13.1 Å². The van der Waals surface area contributed by atoms with Gasteiger partial charge in [0.15, 0.2) is 0 Å². The first-order valence-corrected chi connectivity index (χ1v) is 6.96. The lowest BCUT2D eigenvalue weighted by Crippen LogP contribution is -2.39. The quantitative estimate of drug-likeness (QED) is 0.888. The van der Waals surface area contributed by atoms with Gasteiger partial charge in [0.2, 0.25) is 0 Å². The molecule has 0 aliphatic carbocycles. The molecular formula is C16H26N2. The molecular weight excluding hydrogens is 220 g/mol. The van der Waals surface area contributed by atoms with Crippen molar-refractivity contribution in [1.82, 2.24) is 4.90 Å². The lowest BCUT2D eigenvalue weighted by atomic mass is 9.92. The van der Waals surface area contributed by atoms with Crippen molar-refractivity contribution < 1.29 is 0 Å². The van der Waals surface area contributed by atoms with Crippen LogP contribution in [0.25, 0.3) is 0 Å². The number of nitrogens with zero attached hydrogens (tertiary/aromatic N) is 1. The van der Waals surface area contributed by atoms with E-state index in [4.69, 9.17) is 5.73 Å². The molecule has 2 N–H and O–H groups in total. The van der Waals surface area contributed by atoms with E-state index in [1.54, 1.807) is 0 Å². The van der Waals surface area contributed by atoms with Gasteiger partial charge in [0.25, 0.3) is 0 Å². The smallest absolute Gasteiger partial charge is 0.0499 e. The summed E-state index contributed by atoms with van der Waals surface area (Å²) in [6.07, 6.45) is 1.27. The van der Waals surface area contributed by atoms with Crippen LogP contribution in [0.15, 0.2) is 24.3 Å². The molecule has 2 heteroatoms. The summed E-state index contributed by atoms with van der Waals surface area (Å²) >= 11 is 0. The highest BCUT2D eigenvalue weighted by atomic mass is 15.2. The minimum absolute atomic E-state index is 0.167. The Labute approximate surface area is 111 Å². The molecule has 18 heavy (non-hydrogen) atoms. The molecule has 1 saturated heterocycles. The van der Waals surface area contributed by atoms with Crippen molar-refractivity contribution in [3.63, 3.8) is 0 Å². The van der Waals surface area contributed by atoms with Crippen LogP contribution in [0.2, 0.25) is 0 Å². The van der Waals surface area contributed by atoms with Crippen molar-refractivity contribution >= 4 is 0 Å². The highest BCUT2D eigenvalue weighted by Crippen LogP contribution is 2.36. The zero-order valence-electron chi connectivity index (χ0n) is 12.1. The van der Waals surface area contributed by atoms with E-state index in [1.165, 1.54) is 17.5 Å². The van der Waals surface area contributed by atoms with Gasteiger partial charge in [-0.25, -0.2) is 0 Å². The molecule has 2 atom stereocenters. The predicted octanol–water partition coefficient (Wildman–Crippen LogP) is 3.12. The van der Waals surface area contributed by atoms with Gasteiger partial charge >= 0.3 is 0 Å². The zero-order valence-corrected chi connectivity index (χ0v) is 12.1. The number of hydrogen-bond acceptors (Lipinski definition) is 2. The standard InChI is InChI=1S/C16H26N2/c1-12-7-5-6-8-14(12)15(13(2)17)18-10-9-16(3,4)11-18/h5-8,13,15H,9-11,17H2,1-4H3. The van der Waals surface area contributed by atoms with E-state index in [1.807, 2.05) is 0 Å². The van der Waals surface area contributed by atoms with E-state index >= 15 is 0 Å². The van der Waals surface area contributed by atoms with Crippen molar-refractivity contribution in [3.8, 4) is 0 Å². The van der Waals surface area contributed by atoms with E-state index in [9.17, 15) is 0 Å². The summed E-state index contributed by atoms with van der Waals surface area (Å²) in [6, 6.07) is 9.16. The van der Waals surface area contributed by atoms with Gasteiger partial charge in [0, 0.05) is 18.6 Å². The second kappa shape index (κ2) is 5.02. The molecule has 0 bridgehead atoms. The third-order valence-electron chi connectivity index (χ3n) is 4.11. The number of aryl methyl sites for hydroxylation is 1. The van der Waals surface area contributed by atoms with Crippen molar-refractivity contribution in [2.75, 3.05) is 13.1 Å². The maximum Gasteiger partial charge on any atom is 0.0499 e. The summed E-state index contributed by atoms with van der Waals surface area (Å²) in [6.45, 7) is 11.3.